The number of nitrogens with two attached hydrogens (primary N) is 1. The minimum Gasteiger partial charge on any atom is -0.338 e. The van der Waals surface area contributed by atoms with Gasteiger partial charge in [-0.15, -0.1) is 0 Å². The largest absolute Gasteiger partial charge is 0.338 e. The van der Waals surface area contributed by atoms with Crippen molar-refractivity contribution < 1.29 is 9.18 Å². The van der Waals surface area contributed by atoms with Gasteiger partial charge in [-0.3, -0.25) is 4.79 Å². The normalized spacial score (nSPS) is 17.8. The zero-order valence-corrected chi connectivity index (χ0v) is 12.5. The second-order valence-electron chi connectivity index (χ2n) is 5.74. The van der Waals surface area contributed by atoms with E-state index in [-0.39, 0.29) is 12.5 Å². The molecule has 3 nitrogen and oxygen atoms in total. The lowest BCUT2D eigenvalue weighted by Crippen LogP contribution is -2.30. The van der Waals surface area contributed by atoms with E-state index in [1.807, 2.05) is 4.90 Å². The monoisotopic (exact) mass is 288 g/mol. The standard InChI is InChI=1S/C17H21FN2O/c1-12(2)14-7-9-20(11-14)17(21)16-6-5-15(18)10-13(16)4-3-8-19/h5-6,10,12,14H,7-9,11,19H2,1-2H3. The molecule has 0 bridgehead atoms. The number of halogens is 1. The molecule has 0 aromatic heterocycles. The topological polar surface area (TPSA) is 46.3 Å². The van der Waals surface area contributed by atoms with E-state index in [0.29, 0.717) is 23.0 Å². The van der Waals surface area contributed by atoms with E-state index >= 15 is 0 Å². The Morgan fingerprint density at radius 2 is 2.29 bits per heavy atom. The maximum Gasteiger partial charge on any atom is 0.255 e. The van der Waals surface area contributed by atoms with Crippen molar-refractivity contribution in [1.29, 1.82) is 0 Å². The maximum atomic E-state index is 13.4. The smallest absolute Gasteiger partial charge is 0.255 e. The molecular formula is C17H21FN2O. The van der Waals surface area contributed by atoms with Crippen molar-refractivity contribution in [3.63, 3.8) is 0 Å². The van der Waals surface area contributed by atoms with Crippen LogP contribution in [-0.4, -0.2) is 30.4 Å². The van der Waals surface area contributed by atoms with E-state index in [2.05, 4.69) is 25.7 Å². The minimum atomic E-state index is -0.394. The number of rotatable bonds is 2. The summed E-state index contributed by atoms with van der Waals surface area (Å²) in [6.07, 6.45) is 1.02. The average molecular weight is 288 g/mol. The zero-order chi connectivity index (χ0) is 15.4. The third kappa shape index (κ3) is 3.62. The SMILES string of the molecule is CC(C)C1CCN(C(=O)c2ccc(F)cc2C#CCN)C1. The summed E-state index contributed by atoms with van der Waals surface area (Å²) in [5, 5.41) is 0. The number of hydrogen-bond acceptors (Lipinski definition) is 2. The van der Waals surface area contributed by atoms with Crippen LogP contribution in [0.25, 0.3) is 0 Å². The Bertz CT molecular complexity index is 586. The third-order valence-corrected chi connectivity index (χ3v) is 3.99. The summed E-state index contributed by atoms with van der Waals surface area (Å²) >= 11 is 0. The summed E-state index contributed by atoms with van der Waals surface area (Å²) in [7, 11) is 0. The third-order valence-electron chi connectivity index (χ3n) is 3.99. The molecule has 1 atom stereocenters. The zero-order valence-electron chi connectivity index (χ0n) is 12.5. The molecule has 0 radical (unpaired) electrons. The predicted molar refractivity (Wildman–Crippen MR) is 81.2 cm³/mol. The molecule has 4 heteroatoms. The van der Waals surface area contributed by atoms with Crippen molar-refractivity contribution in [2.24, 2.45) is 17.6 Å². The van der Waals surface area contributed by atoms with Crippen LogP contribution in [0.1, 0.15) is 36.2 Å². The Labute approximate surface area is 125 Å². The molecule has 1 saturated heterocycles. The molecule has 1 aromatic rings. The Kier molecular flexibility index (Phi) is 4.98. The molecule has 1 amide bonds. The van der Waals surface area contributed by atoms with E-state index in [9.17, 15) is 9.18 Å². The second kappa shape index (κ2) is 6.73. The lowest BCUT2D eigenvalue weighted by atomic mass is 9.95. The van der Waals surface area contributed by atoms with Gasteiger partial charge in [-0.05, 0) is 36.5 Å². The van der Waals surface area contributed by atoms with Gasteiger partial charge >= 0.3 is 0 Å². The molecule has 1 fully saturated rings. The van der Waals surface area contributed by atoms with E-state index in [4.69, 9.17) is 5.73 Å². The van der Waals surface area contributed by atoms with Crippen LogP contribution in [0.5, 0.6) is 0 Å². The van der Waals surface area contributed by atoms with Crippen LogP contribution >= 0.6 is 0 Å². The highest BCUT2D eigenvalue weighted by atomic mass is 19.1. The molecule has 1 unspecified atom stereocenters. The van der Waals surface area contributed by atoms with Gasteiger partial charge in [-0.2, -0.15) is 0 Å². The van der Waals surface area contributed by atoms with Crippen molar-refractivity contribution in [2.75, 3.05) is 19.6 Å². The molecule has 2 N–H and O–H groups in total. The molecule has 1 aliphatic heterocycles. The molecule has 0 saturated carbocycles. The number of likely N-dealkylation sites (tertiary alicyclic amines) is 1. The predicted octanol–water partition coefficient (Wildman–Crippen LogP) is 2.25. The first kappa shape index (κ1) is 15.5. The van der Waals surface area contributed by atoms with Crippen LogP contribution in [0, 0.1) is 29.5 Å². The highest BCUT2D eigenvalue weighted by Crippen LogP contribution is 2.25. The molecule has 0 spiro atoms. The van der Waals surface area contributed by atoms with Crippen LogP contribution in [0.3, 0.4) is 0 Å². The molecule has 2 rings (SSSR count). The first-order valence-electron chi connectivity index (χ1n) is 7.30. The van der Waals surface area contributed by atoms with Gasteiger partial charge in [0.1, 0.15) is 5.82 Å². The highest BCUT2D eigenvalue weighted by Gasteiger charge is 2.29. The van der Waals surface area contributed by atoms with Gasteiger partial charge < -0.3 is 10.6 Å². The minimum absolute atomic E-state index is 0.0699. The maximum absolute atomic E-state index is 13.4. The highest BCUT2D eigenvalue weighted by molar-refractivity contribution is 5.97. The quantitative estimate of drug-likeness (QED) is 0.849. The van der Waals surface area contributed by atoms with Crippen LogP contribution in [0.2, 0.25) is 0 Å². The fraction of sp³-hybridized carbons (Fsp3) is 0.471. The first-order valence-corrected chi connectivity index (χ1v) is 7.30. The summed E-state index contributed by atoms with van der Waals surface area (Å²) in [5.74, 6) is 6.11. The Morgan fingerprint density at radius 3 is 2.90 bits per heavy atom. The number of amides is 1. The molecule has 21 heavy (non-hydrogen) atoms. The Hall–Kier alpha value is -1.86. The lowest BCUT2D eigenvalue weighted by molar-refractivity contribution is 0.0783. The summed E-state index contributed by atoms with van der Waals surface area (Å²) in [6.45, 7) is 6.05. The molecular weight excluding hydrogens is 267 g/mol. The fourth-order valence-corrected chi connectivity index (χ4v) is 2.64. The van der Waals surface area contributed by atoms with E-state index < -0.39 is 5.82 Å². The summed E-state index contributed by atoms with van der Waals surface area (Å²) < 4.78 is 13.4. The summed E-state index contributed by atoms with van der Waals surface area (Å²) in [5.41, 5.74) is 6.23. The number of nitrogens with zero attached hydrogens (tertiary/aromatic N) is 1. The Balaban J connectivity index is 2.23. The fourth-order valence-electron chi connectivity index (χ4n) is 2.64. The van der Waals surface area contributed by atoms with Gasteiger partial charge in [-0.25, -0.2) is 4.39 Å². The number of carbonyl (C=O) groups excluding carboxylic acids is 1. The van der Waals surface area contributed by atoms with Crippen molar-refractivity contribution in [3.05, 3.63) is 35.1 Å². The second-order valence-corrected chi connectivity index (χ2v) is 5.74. The van der Waals surface area contributed by atoms with Crippen LogP contribution in [0.4, 0.5) is 4.39 Å². The number of benzene rings is 1. The van der Waals surface area contributed by atoms with E-state index in [1.54, 1.807) is 0 Å². The van der Waals surface area contributed by atoms with Crippen molar-refractivity contribution in [2.45, 2.75) is 20.3 Å². The van der Waals surface area contributed by atoms with E-state index in [1.165, 1.54) is 18.2 Å². The molecule has 112 valence electrons. The first-order chi connectivity index (χ1) is 10.0. The lowest BCUT2D eigenvalue weighted by Gasteiger charge is -2.19. The van der Waals surface area contributed by atoms with Gasteiger partial charge in [0.05, 0.1) is 12.1 Å². The number of carbonyl (C=O) groups is 1. The van der Waals surface area contributed by atoms with Gasteiger partial charge in [0.2, 0.25) is 0 Å². The summed E-state index contributed by atoms with van der Waals surface area (Å²) in [4.78, 5) is 14.5. The molecule has 1 aromatic carbocycles. The molecule has 0 aliphatic carbocycles. The van der Waals surface area contributed by atoms with Gasteiger partial charge in [0, 0.05) is 18.7 Å². The number of hydrogen-bond donors (Lipinski definition) is 1. The van der Waals surface area contributed by atoms with Gasteiger partial charge in [-0.1, -0.05) is 25.7 Å². The van der Waals surface area contributed by atoms with Crippen LogP contribution < -0.4 is 5.73 Å². The van der Waals surface area contributed by atoms with Crippen LogP contribution in [-0.2, 0) is 0 Å². The Morgan fingerprint density at radius 1 is 1.52 bits per heavy atom. The molecule has 1 aliphatic rings. The van der Waals surface area contributed by atoms with Gasteiger partial charge in [0.15, 0.2) is 0 Å². The van der Waals surface area contributed by atoms with E-state index in [0.717, 1.165) is 19.5 Å². The summed E-state index contributed by atoms with van der Waals surface area (Å²) in [6, 6.07) is 4.11. The van der Waals surface area contributed by atoms with Crippen LogP contribution in [0.15, 0.2) is 18.2 Å². The average Bonchev–Trinajstić information content (AvgIpc) is 2.94. The van der Waals surface area contributed by atoms with Gasteiger partial charge in [0.25, 0.3) is 5.91 Å². The van der Waals surface area contributed by atoms with Crippen molar-refractivity contribution in [1.82, 2.24) is 4.90 Å². The van der Waals surface area contributed by atoms with Crippen molar-refractivity contribution >= 4 is 5.91 Å². The molecule has 1 heterocycles. The van der Waals surface area contributed by atoms with Crippen molar-refractivity contribution in [3.8, 4) is 11.8 Å².